The van der Waals surface area contributed by atoms with Gasteiger partial charge in [0.15, 0.2) is 5.16 Å². The Labute approximate surface area is 280 Å². The van der Waals surface area contributed by atoms with E-state index in [0.717, 1.165) is 20.8 Å². The van der Waals surface area contributed by atoms with Gasteiger partial charge < -0.3 is 14.5 Å². The lowest BCUT2D eigenvalue weighted by molar-refractivity contribution is -0.124. The number of ether oxygens (including phenoxy) is 1. The summed E-state index contributed by atoms with van der Waals surface area (Å²) in [6.45, 7) is 8.43. The molecule has 238 valence electrons. The lowest BCUT2D eigenvalue weighted by atomic mass is 10.0. The molecule has 46 heavy (non-hydrogen) atoms. The molecule has 1 N–H and O–H groups in total. The summed E-state index contributed by atoms with van der Waals surface area (Å²) in [5.74, 6) is 0.406. The van der Waals surface area contributed by atoms with E-state index in [9.17, 15) is 4.79 Å². The monoisotopic (exact) mass is 668 g/mol. The fraction of sp³-hybridized carbons (Fsp3) is 0.333. The molecule has 0 radical (unpaired) electrons. The van der Waals surface area contributed by atoms with E-state index in [2.05, 4.69) is 85.7 Å². The number of aromatic nitrogens is 3. The number of benzene rings is 3. The number of anilines is 1. The van der Waals surface area contributed by atoms with Gasteiger partial charge in [-0.2, -0.15) is 0 Å². The topological polar surface area (TPSA) is 86.2 Å². The molecular weight excluding hydrogens is 629 g/mol. The number of Topliss-reactive ketones (excluding diaryl/α,β-unsaturated/α-hetero) is 1. The minimum absolute atomic E-state index is 0.0909. The number of thioether (sulfide) groups is 1. The molecule has 2 aromatic heterocycles. The molecule has 0 saturated heterocycles. The van der Waals surface area contributed by atoms with Crippen LogP contribution in [0.1, 0.15) is 34.1 Å². The molecule has 0 bridgehead atoms. The molecule has 4 atom stereocenters. The van der Waals surface area contributed by atoms with Crippen LogP contribution in [0.3, 0.4) is 0 Å². The molecule has 1 saturated carbocycles. The number of ketones is 1. The highest BCUT2D eigenvalue weighted by molar-refractivity contribution is 7.98. The summed E-state index contributed by atoms with van der Waals surface area (Å²) in [5, 5.41) is 7.29. The average molecular weight is 669 g/mol. The van der Waals surface area contributed by atoms with Gasteiger partial charge in [-0.05, 0) is 47.1 Å². The molecule has 1 aliphatic carbocycles. The van der Waals surface area contributed by atoms with E-state index in [1.807, 2.05) is 42.8 Å². The van der Waals surface area contributed by atoms with Crippen LogP contribution in [0, 0.1) is 5.92 Å². The zero-order chi connectivity index (χ0) is 32.5. The van der Waals surface area contributed by atoms with Crippen LogP contribution < -0.4 is 15.7 Å². The first-order chi connectivity index (χ1) is 22.2. The summed E-state index contributed by atoms with van der Waals surface area (Å²) < 4.78 is 15.0. The molecule has 2 heterocycles. The number of nitrogens with one attached hydrogen (secondary N) is 1. The van der Waals surface area contributed by atoms with Gasteiger partial charge in [0.25, 0.3) is 8.32 Å². The van der Waals surface area contributed by atoms with Crippen molar-refractivity contribution < 1.29 is 14.0 Å². The van der Waals surface area contributed by atoms with Crippen LogP contribution in [0.2, 0.25) is 5.04 Å². The smallest absolute Gasteiger partial charge is 0.261 e. The highest BCUT2D eigenvalue weighted by atomic mass is 32.2. The summed E-state index contributed by atoms with van der Waals surface area (Å²) in [6, 6.07) is 28.9. The summed E-state index contributed by atoms with van der Waals surface area (Å²) in [6.07, 6.45) is 3.47. The van der Waals surface area contributed by atoms with E-state index >= 15 is 0 Å². The van der Waals surface area contributed by atoms with Crippen molar-refractivity contribution >= 4 is 63.6 Å². The van der Waals surface area contributed by atoms with E-state index in [0.29, 0.717) is 17.4 Å². The number of carbonyl (C=O) groups is 1. The van der Waals surface area contributed by atoms with E-state index in [1.165, 1.54) is 22.1 Å². The predicted molar refractivity (Wildman–Crippen MR) is 192 cm³/mol. The normalized spacial score (nSPS) is 20.2. The lowest BCUT2D eigenvalue weighted by Crippen LogP contribution is -2.69. The molecule has 0 aliphatic heterocycles. The van der Waals surface area contributed by atoms with Gasteiger partial charge in [0, 0.05) is 19.2 Å². The first-order valence-electron chi connectivity index (χ1n) is 15.5. The van der Waals surface area contributed by atoms with Crippen molar-refractivity contribution in [3.8, 4) is 10.6 Å². The van der Waals surface area contributed by atoms with Crippen LogP contribution in [0.5, 0.6) is 0 Å². The van der Waals surface area contributed by atoms with Crippen LogP contribution >= 0.6 is 23.1 Å². The quantitative estimate of drug-likeness (QED) is 0.0986. The molecule has 0 unspecified atom stereocenters. The SMILES string of the molecule is CO[C@@H]1[C@H](O[Si](c2ccccc2)(c2ccccc2)C(C)(C)C)[C@@H](C(C)=O)C[C@H]1Nc1nc(SC)ncc1-c1nc2ccccc2s1. The highest BCUT2D eigenvalue weighted by Crippen LogP contribution is 2.43. The van der Waals surface area contributed by atoms with E-state index in [-0.39, 0.29) is 22.8 Å². The second-order valence-electron chi connectivity index (χ2n) is 12.8. The Bertz CT molecular complexity index is 1740. The summed E-state index contributed by atoms with van der Waals surface area (Å²) in [7, 11) is -1.26. The third kappa shape index (κ3) is 6.04. The Balaban J connectivity index is 1.43. The number of nitrogens with zero attached hydrogens (tertiary/aromatic N) is 3. The summed E-state index contributed by atoms with van der Waals surface area (Å²) >= 11 is 3.10. The maximum atomic E-state index is 13.4. The Morgan fingerprint density at radius 3 is 2.13 bits per heavy atom. The van der Waals surface area contributed by atoms with Crippen LogP contribution in [0.4, 0.5) is 5.82 Å². The highest BCUT2D eigenvalue weighted by Gasteiger charge is 2.56. The Kier molecular flexibility index (Phi) is 9.45. The standard InChI is InChI=1S/C36H40N4O3S2Si/c1-23(41)26-21-29(38-33-27(22-37-35(40-33)44-6)34-39-28-19-13-14-20-30(28)45-34)32(42-5)31(26)43-46(36(2,3)4,24-15-9-7-10-16-24)25-17-11-8-12-18-25/h7-20,22,26,29,31-32H,21H2,1-6H3,(H,37,38,40)/t26-,29-,31-,32+/m1/s1. The summed E-state index contributed by atoms with van der Waals surface area (Å²) in [5.41, 5.74) is 1.76. The molecule has 3 aromatic carbocycles. The van der Waals surface area contributed by atoms with Crippen LogP contribution in [0.25, 0.3) is 20.8 Å². The van der Waals surface area contributed by atoms with Gasteiger partial charge in [-0.3, -0.25) is 4.79 Å². The van der Waals surface area contributed by atoms with Gasteiger partial charge >= 0.3 is 0 Å². The van der Waals surface area contributed by atoms with Gasteiger partial charge in [0.05, 0.1) is 27.9 Å². The molecule has 1 aliphatic rings. The number of rotatable bonds is 10. The van der Waals surface area contributed by atoms with Crippen molar-refractivity contribution in [2.24, 2.45) is 5.92 Å². The third-order valence-corrected chi connectivity index (χ3v) is 15.6. The van der Waals surface area contributed by atoms with E-state index in [4.69, 9.17) is 19.1 Å². The minimum atomic E-state index is -2.98. The number of fused-ring (bicyclic) bond motifs is 1. The predicted octanol–water partition coefficient (Wildman–Crippen LogP) is 6.82. The molecule has 10 heteroatoms. The number of hydrogen-bond acceptors (Lipinski definition) is 9. The van der Waals surface area contributed by atoms with Crippen molar-refractivity contribution in [1.82, 2.24) is 15.0 Å². The molecular formula is C36H40N4O3S2Si. The molecule has 1 fully saturated rings. The lowest BCUT2D eigenvalue weighted by Gasteiger charge is -2.46. The molecule has 6 rings (SSSR count). The molecule has 0 spiro atoms. The van der Waals surface area contributed by atoms with Gasteiger partial charge in [-0.25, -0.2) is 15.0 Å². The zero-order valence-corrected chi connectivity index (χ0v) is 29.7. The van der Waals surface area contributed by atoms with E-state index < -0.39 is 20.5 Å². The van der Waals surface area contributed by atoms with Crippen molar-refractivity contribution in [2.45, 2.75) is 62.6 Å². The van der Waals surface area contributed by atoms with Gasteiger partial charge in [0.1, 0.15) is 22.7 Å². The second kappa shape index (κ2) is 13.4. The van der Waals surface area contributed by atoms with Crippen molar-refractivity contribution in [1.29, 1.82) is 0 Å². The molecule has 7 nitrogen and oxygen atoms in total. The minimum Gasteiger partial charge on any atom is -0.401 e. The number of hydrogen-bond donors (Lipinski definition) is 1. The molecule has 5 aromatic rings. The first kappa shape index (κ1) is 32.5. The average Bonchev–Trinajstić information content (AvgIpc) is 3.65. The third-order valence-electron chi connectivity index (χ3n) is 8.94. The fourth-order valence-corrected chi connectivity index (χ4v) is 12.8. The maximum absolute atomic E-state index is 13.4. The molecule has 0 amide bonds. The van der Waals surface area contributed by atoms with Crippen LogP contribution in [-0.2, 0) is 14.0 Å². The Morgan fingerprint density at radius 2 is 1.57 bits per heavy atom. The number of carbonyl (C=O) groups excluding carboxylic acids is 1. The first-order valence-corrected chi connectivity index (χ1v) is 19.5. The van der Waals surface area contributed by atoms with Crippen molar-refractivity contribution in [2.75, 3.05) is 18.7 Å². The Morgan fingerprint density at radius 1 is 0.935 bits per heavy atom. The number of methoxy groups -OCH3 is 1. The van der Waals surface area contributed by atoms with Gasteiger partial charge in [0.2, 0.25) is 0 Å². The van der Waals surface area contributed by atoms with Gasteiger partial charge in [-0.1, -0.05) is 105 Å². The zero-order valence-electron chi connectivity index (χ0n) is 27.1. The van der Waals surface area contributed by atoms with Gasteiger partial charge in [-0.15, -0.1) is 11.3 Å². The number of thiazole rings is 1. The Hall–Kier alpha value is -3.41. The second-order valence-corrected chi connectivity index (χ2v) is 18.8. The van der Waals surface area contributed by atoms with Crippen molar-refractivity contribution in [3.63, 3.8) is 0 Å². The van der Waals surface area contributed by atoms with Crippen LogP contribution in [0.15, 0.2) is 96.3 Å². The van der Waals surface area contributed by atoms with Crippen molar-refractivity contribution in [3.05, 3.63) is 91.1 Å². The largest absolute Gasteiger partial charge is 0.401 e. The number of para-hydroxylation sites is 1. The van der Waals surface area contributed by atoms with E-state index in [1.54, 1.807) is 25.4 Å². The van der Waals surface area contributed by atoms with Crippen LogP contribution in [-0.4, -0.2) is 60.7 Å². The maximum Gasteiger partial charge on any atom is 0.261 e. The fourth-order valence-electron chi connectivity index (χ4n) is 6.77. The summed E-state index contributed by atoms with van der Waals surface area (Å²) in [4.78, 5) is 27.8.